The number of benzene rings is 2. The van der Waals surface area contributed by atoms with Gasteiger partial charge in [-0.1, -0.05) is 38.1 Å². The number of ketones is 1. The van der Waals surface area contributed by atoms with Gasteiger partial charge in [0, 0.05) is 23.6 Å². The number of allylic oxidation sites excluding steroid dienone is 1. The van der Waals surface area contributed by atoms with Crippen molar-refractivity contribution in [1.82, 2.24) is 0 Å². The SMILES string of the molecule is COc1cccc(C2C3=C(CC(C)(C)CC3=O)Nc3ccccc3N2C(=O)C2CC2)c1. The molecule has 5 nitrogen and oxygen atoms in total. The van der Waals surface area contributed by atoms with Crippen LogP contribution in [0.25, 0.3) is 0 Å². The Labute approximate surface area is 183 Å². The summed E-state index contributed by atoms with van der Waals surface area (Å²) >= 11 is 0. The molecule has 1 saturated carbocycles. The molecular weight excluding hydrogens is 388 g/mol. The van der Waals surface area contributed by atoms with E-state index >= 15 is 0 Å². The second-order valence-corrected chi connectivity index (χ2v) is 9.64. The van der Waals surface area contributed by atoms with Crippen molar-refractivity contribution in [3.05, 3.63) is 65.4 Å². The number of ether oxygens (including phenoxy) is 1. The molecule has 160 valence electrons. The third-order valence-electron chi connectivity index (χ3n) is 6.47. The van der Waals surface area contributed by atoms with E-state index in [1.807, 2.05) is 53.4 Å². The van der Waals surface area contributed by atoms with Gasteiger partial charge in [0.1, 0.15) is 5.75 Å². The third-order valence-corrected chi connectivity index (χ3v) is 6.47. The largest absolute Gasteiger partial charge is 0.497 e. The maximum atomic E-state index is 13.7. The van der Waals surface area contributed by atoms with Crippen LogP contribution in [-0.4, -0.2) is 18.8 Å². The molecule has 5 heteroatoms. The molecule has 0 radical (unpaired) electrons. The summed E-state index contributed by atoms with van der Waals surface area (Å²) in [5.74, 6) is 0.937. The summed E-state index contributed by atoms with van der Waals surface area (Å²) in [7, 11) is 1.63. The molecule has 2 aromatic carbocycles. The lowest BCUT2D eigenvalue weighted by molar-refractivity contribution is -0.120. The smallest absolute Gasteiger partial charge is 0.231 e. The van der Waals surface area contributed by atoms with Gasteiger partial charge in [0.15, 0.2) is 5.78 Å². The van der Waals surface area contributed by atoms with Gasteiger partial charge in [0.05, 0.1) is 24.5 Å². The third kappa shape index (κ3) is 3.52. The summed E-state index contributed by atoms with van der Waals surface area (Å²) in [6.07, 6.45) is 3.04. The van der Waals surface area contributed by atoms with Gasteiger partial charge >= 0.3 is 0 Å². The lowest BCUT2D eigenvalue weighted by atomic mass is 9.73. The van der Waals surface area contributed by atoms with Crippen LogP contribution in [0.15, 0.2) is 59.8 Å². The molecule has 1 amide bonds. The van der Waals surface area contributed by atoms with E-state index < -0.39 is 6.04 Å². The van der Waals surface area contributed by atoms with Crippen molar-refractivity contribution < 1.29 is 14.3 Å². The molecule has 1 aliphatic heterocycles. The van der Waals surface area contributed by atoms with E-state index in [2.05, 4.69) is 19.2 Å². The number of fused-ring (bicyclic) bond motifs is 1. The lowest BCUT2D eigenvalue weighted by Crippen LogP contribution is -2.40. The highest BCUT2D eigenvalue weighted by Crippen LogP contribution is 2.50. The van der Waals surface area contributed by atoms with Crippen LogP contribution in [0.1, 0.15) is 51.1 Å². The number of methoxy groups -OCH3 is 1. The molecule has 0 bridgehead atoms. The Morgan fingerprint density at radius 3 is 2.61 bits per heavy atom. The van der Waals surface area contributed by atoms with Crippen molar-refractivity contribution in [2.75, 3.05) is 17.3 Å². The highest BCUT2D eigenvalue weighted by molar-refractivity contribution is 6.07. The van der Waals surface area contributed by atoms with E-state index in [1.165, 1.54) is 0 Å². The first-order chi connectivity index (χ1) is 14.9. The van der Waals surface area contributed by atoms with Crippen LogP contribution < -0.4 is 15.0 Å². The number of hydrogen-bond acceptors (Lipinski definition) is 4. The molecular formula is C26H28N2O3. The van der Waals surface area contributed by atoms with Gasteiger partial charge in [-0.05, 0) is 54.5 Å². The van der Waals surface area contributed by atoms with Gasteiger partial charge in [0.2, 0.25) is 5.91 Å². The predicted molar refractivity (Wildman–Crippen MR) is 121 cm³/mol. The number of para-hydroxylation sites is 2. The second-order valence-electron chi connectivity index (χ2n) is 9.64. The molecule has 2 aromatic rings. The Bertz CT molecular complexity index is 1100. The lowest BCUT2D eigenvalue weighted by Gasteiger charge is -2.37. The quantitative estimate of drug-likeness (QED) is 0.743. The van der Waals surface area contributed by atoms with E-state index in [9.17, 15) is 9.59 Å². The second kappa shape index (κ2) is 7.26. The first kappa shape index (κ1) is 19.9. The van der Waals surface area contributed by atoms with Gasteiger partial charge in [-0.25, -0.2) is 0 Å². The molecule has 1 heterocycles. The Morgan fingerprint density at radius 1 is 1.10 bits per heavy atom. The Hall–Kier alpha value is -3.08. The molecule has 2 aliphatic carbocycles. The predicted octanol–water partition coefficient (Wildman–Crippen LogP) is 5.25. The number of rotatable bonds is 3. The molecule has 1 unspecified atom stereocenters. The van der Waals surface area contributed by atoms with Crippen LogP contribution in [-0.2, 0) is 9.59 Å². The minimum Gasteiger partial charge on any atom is -0.497 e. The number of anilines is 2. The number of nitrogens with zero attached hydrogens (tertiary/aromatic N) is 1. The monoisotopic (exact) mass is 416 g/mol. The summed E-state index contributed by atoms with van der Waals surface area (Å²) in [6, 6.07) is 15.2. The van der Waals surface area contributed by atoms with Crippen LogP contribution in [0.5, 0.6) is 5.75 Å². The van der Waals surface area contributed by atoms with Gasteiger partial charge in [-0.15, -0.1) is 0 Å². The molecule has 3 aliphatic rings. The normalized spacial score (nSPS) is 22.2. The first-order valence-electron chi connectivity index (χ1n) is 11.0. The van der Waals surface area contributed by atoms with E-state index in [4.69, 9.17) is 4.74 Å². The van der Waals surface area contributed by atoms with Crippen LogP contribution in [0.3, 0.4) is 0 Å². The Balaban J connectivity index is 1.77. The van der Waals surface area contributed by atoms with Crippen LogP contribution in [0.2, 0.25) is 0 Å². The minimum atomic E-state index is -0.474. The van der Waals surface area contributed by atoms with Crippen molar-refractivity contribution in [2.24, 2.45) is 11.3 Å². The fourth-order valence-corrected chi connectivity index (χ4v) is 4.88. The zero-order valence-electron chi connectivity index (χ0n) is 18.3. The van der Waals surface area contributed by atoms with Crippen molar-refractivity contribution in [3.63, 3.8) is 0 Å². The van der Waals surface area contributed by atoms with Crippen molar-refractivity contribution in [1.29, 1.82) is 0 Å². The average molecular weight is 417 g/mol. The van der Waals surface area contributed by atoms with Gasteiger partial charge in [0.25, 0.3) is 0 Å². The first-order valence-corrected chi connectivity index (χ1v) is 11.0. The topological polar surface area (TPSA) is 58.6 Å². The molecule has 0 aromatic heterocycles. The van der Waals surface area contributed by atoms with Crippen LogP contribution >= 0.6 is 0 Å². The summed E-state index contributed by atoms with van der Waals surface area (Å²) in [6.45, 7) is 4.25. The summed E-state index contributed by atoms with van der Waals surface area (Å²) in [4.78, 5) is 29.1. The molecule has 5 rings (SSSR count). The zero-order chi connectivity index (χ0) is 21.8. The average Bonchev–Trinajstić information content (AvgIpc) is 3.58. The summed E-state index contributed by atoms with van der Waals surface area (Å²) in [5, 5.41) is 3.55. The minimum absolute atomic E-state index is 0.0263. The maximum Gasteiger partial charge on any atom is 0.231 e. The number of nitrogens with one attached hydrogen (secondary N) is 1. The molecule has 31 heavy (non-hydrogen) atoms. The van der Waals surface area contributed by atoms with Crippen LogP contribution in [0.4, 0.5) is 11.4 Å². The standard InChI is InChI=1S/C26H28N2O3/c1-26(2)14-20-23(22(29)15-26)24(17-7-6-8-18(13-17)31-3)28(25(30)16-11-12-16)21-10-5-4-9-19(21)27-20/h4-10,13,16,24,27H,11-12,14-15H2,1-3H3. The highest BCUT2D eigenvalue weighted by atomic mass is 16.5. The molecule has 1 fully saturated rings. The number of hydrogen-bond donors (Lipinski definition) is 1. The maximum absolute atomic E-state index is 13.7. The van der Waals surface area contributed by atoms with E-state index in [-0.39, 0.29) is 23.0 Å². The van der Waals surface area contributed by atoms with Gasteiger partial charge in [-0.2, -0.15) is 0 Å². The molecule has 1 atom stereocenters. The molecule has 0 saturated heterocycles. The Morgan fingerprint density at radius 2 is 1.87 bits per heavy atom. The van der Waals surface area contributed by atoms with Crippen molar-refractivity contribution in [2.45, 2.75) is 45.6 Å². The highest BCUT2D eigenvalue weighted by Gasteiger charge is 2.46. The van der Waals surface area contributed by atoms with Crippen molar-refractivity contribution >= 4 is 23.1 Å². The number of carbonyl (C=O) groups is 2. The molecule has 0 spiro atoms. The number of carbonyl (C=O) groups excluding carboxylic acids is 2. The van der Waals surface area contributed by atoms with Gasteiger partial charge < -0.3 is 10.1 Å². The number of Topliss-reactive ketones (excluding diaryl/α,β-unsaturated/α-hetero) is 1. The van der Waals surface area contributed by atoms with E-state index in [0.717, 1.165) is 41.9 Å². The van der Waals surface area contributed by atoms with Crippen LogP contribution in [0, 0.1) is 11.3 Å². The fraction of sp³-hybridized carbons (Fsp3) is 0.385. The van der Waals surface area contributed by atoms with E-state index in [1.54, 1.807) is 7.11 Å². The Kier molecular flexibility index (Phi) is 4.65. The zero-order valence-corrected chi connectivity index (χ0v) is 18.3. The van der Waals surface area contributed by atoms with Gasteiger partial charge in [-0.3, -0.25) is 14.5 Å². The molecule has 1 N–H and O–H groups in total. The summed E-state index contributed by atoms with van der Waals surface area (Å²) in [5.41, 5.74) is 4.09. The van der Waals surface area contributed by atoms with Crippen molar-refractivity contribution in [3.8, 4) is 5.75 Å². The number of amides is 1. The fourth-order valence-electron chi connectivity index (χ4n) is 4.88. The van der Waals surface area contributed by atoms with E-state index in [0.29, 0.717) is 17.7 Å². The summed E-state index contributed by atoms with van der Waals surface area (Å²) < 4.78 is 5.48.